The molecule has 100 valence electrons. The fraction of sp³-hybridized carbons (Fsp3) is 0.250. The van der Waals surface area contributed by atoms with Crippen molar-refractivity contribution in [2.45, 2.75) is 20.0 Å². The lowest BCUT2D eigenvalue weighted by Gasteiger charge is -2.00. The Morgan fingerprint density at radius 3 is 2.74 bits per heavy atom. The minimum atomic E-state index is -0.859. The summed E-state index contributed by atoms with van der Waals surface area (Å²) >= 11 is 0. The Morgan fingerprint density at radius 1 is 1.47 bits per heavy atom. The Morgan fingerprint density at radius 2 is 2.21 bits per heavy atom. The van der Waals surface area contributed by atoms with E-state index in [0.29, 0.717) is 24.3 Å². The van der Waals surface area contributed by atoms with Gasteiger partial charge in [-0.3, -0.25) is 14.8 Å². The number of aromatic nitrogens is 2. The molecule has 0 spiro atoms. The van der Waals surface area contributed by atoms with Crippen LogP contribution in [0.4, 0.5) is 10.1 Å². The van der Waals surface area contributed by atoms with Crippen LogP contribution in [0, 0.1) is 15.9 Å². The molecule has 2 rings (SSSR count). The number of rotatable bonds is 4. The van der Waals surface area contributed by atoms with E-state index in [-0.39, 0.29) is 0 Å². The van der Waals surface area contributed by atoms with Gasteiger partial charge in [-0.15, -0.1) is 0 Å². The van der Waals surface area contributed by atoms with Crippen molar-refractivity contribution in [2.24, 2.45) is 5.73 Å². The maximum atomic E-state index is 13.3. The molecule has 2 N–H and O–H groups in total. The average molecular weight is 264 g/mol. The molecular weight excluding hydrogens is 251 g/mol. The van der Waals surface area contributed by atoms with Crippen molar-refractivity contribution >= 4 is 5.69 Å². The molecule has 1 aromatic carbocycles. The molecule has 0 aliphatic carbocycles. The highest BCUT2D eigenvalue weighted by atomic mass is 19.1. The lowest BCUT2D eigenvalue weighted by atomic mass is 10.1. The first-order chi connectivity index (χ1) is 9.06. The summed E-state index contributed by atoms with van der Waals surface area (Å²) in [5, 5.41) is 15.0. The Balaban J connectivity index is 2.50. The molecule has 0 saturated heterocycles. The highest BCUT2D eigenvalue weighted by Gasteiger charge is 2.16. The van der Waals surface area contributed by atoms with Gasteiger partial charge in [0.25, 0.3) is 0 Å². The van der Waals surface area contributed by atoms with E-state index in [1.54, 1.807) is 10.7 Å². The molecule has 1 heterocycles. The number of aryl methyl sites for hydroxylation is 1. The molecule has 0 aliphatic rings. The first-order valence-corrected chi connectivity index (χ1v) is 5.78. The molecule has 1 aromatic heterocycles. The maximum Gasteiger partial charge on any atom is 0.305 e. The first-order valence-electron chi connectivity index (χ1n) is 5.78. The highest BCUT2D eigenvalue weighted by molar-refractivity contribution is 5.63. The molecule has 0 atom stereocenters. The number of nitro groups is 1. The number of hydrogen-bond acceptors (Lipinski definition) is 4. The van der Waals surface area contributed by atoms with Crippen LogP contribution in [0.5, 0.6) is 0 Å². The lowest BCUT2D eigenvalue weighted by molar-refractivity contribution is -0.387. The van der Waals surface area contributed by atoms with Crippen molar-refractivity contribution in [3.63, 3.8) is 0 Å². The van der Waals surface area contributed by atoms with Crippen LogP contribution in [0.3, 0.4) is 0 Å². The Labute approximate surface area is 108 Å². The van der Waals surface area contributed by atoms with E-state index in [2.05, 4.69) is 5.10 Å². The summed E-state index contributed by atoms with van der Waals surface area (Å²) < 4.78 is 15.0. The van der Waals surface area contributed by atoms with Crippen molar-refractivity contribution in [3.8, 4) is 11.3 Å². The molecule has 0 unspecified atom stereocenters. The second kappa shape index (κ2) is 5.15. The van der Waals surface area contributed by atoms with Crippen LogP contribution < -0.4 is 5.73 Å². The zero-order valence-corrected chi connectivity index (χ0v) is 10.3. The van der Waals surface area contributed by atoms with Crippen molar-refractivity contribution in [1.82, 2.24) is 9.78 Å². The largest absolute Gasteiger partial charge is 0.325 e. The molecule has 19 heavy (non-hydrogen) atoms. The summed E-state index contributed by atoms with van der Waals surface area (Å²) in [6.07, 6.45) is 0. The minimum Gasteiger partial charge on any atom is -0.325 e. The summed E-state index contributed by atoms with van der Waals surface area (Å²) in [6, 6.07) is 5.46. The van der Waals surface area contributed by atoms with Crippen LogP contribution in [-0.2, 0) is 13.1 Å². The van der Waals surface area contributed by atoms with E-state index in [0.717, 1.165) is 11.8 Å². The summed E-state index contributed by atoms with van der Waals surface area (Å²) in [7, 11) is 0. The maximum absolute atomic E-state index is 13.3. The number of nitro benzene ring substituents is 1. The third-order valence-electron chi connectivity index (χ3n) is 2.81. The van der Waals surface area contributed by atoms with Gasteiger partial charge in [0.15, 0.2) is 0 Å². The number of nitrogens with two attached hydrogens (primary N) is 1. The fourth-order valence-electron chi connectivity index (χ4n) is 1.85. The highest BCUT2D eigenvalue weighted by Crippen LogP contribution is 2.26. The summed E-state index contributed by atoms with van der Waals surface area (Å²) in [6.45, 7) is 2.89. The molecule has 0 aliphatic heterocycles. The van der Waals surface area contributed by atoms with Gasteiger partial charge in [-0.1, -0.05) is 0 Å². The van der Waals surface area contributed by atoms with Gasteiger partial charge in [-0.2, -0.15) is 9.49 Å². The summed E-state index contributed by atoms with van der Waals surface area (Å²) in [5.41, 5.74) is 6.90. The first kappa shape index (κ1) is 13.2. The molecule has 0 amide bonds. The molecular formula is C12H13FN4O2. The Kier molecular flexibility index (Phi) is 3.57. The Bertz CT molecular complexity index is 603. The van der Waals surface area contributed by atoms with E-state index >= 15 is 0 Å². The van der Waals surface area contributed by atoms with E-state index in [9.17, 15) is 14.5 Å². The van der Waals surface area contributed by atoms with Gasteiger partial charge in [-0.25, -0.2) is 0 Å². The lowest BCUT2D eigenvalue weighted by Crippen LogP contribution is -2.06. The monoisotopic (exact) mass is 264 g/mol. The quantitative estimate of drug-likeness (QED) is 0.676. The van der Waals surface area contributed by atoms with E-state index < -0.39 is 16.4 Å². The zero-order chi connectivity index (χ0) is 14.0. The fourth-order valence-corrected chi connectivity index (χ4v) is 1.85. The number of halogens is 1. The van der Waals surface area contributed by atoms with Crippen LogP contribution in [-0.4, -0.2) is 14.7 Å². The SMILES string of the molecule is CCn1nc(-c2ccc(F)c([N+](=O)[O-])c2)cc1CN. The van der Waals surface area contributed by atoms with E-state index in [1.165, 1.54) is 12.1 Å². The average Bonchev–Trinajstić information content (AvgIpc) is 2.82. The zero-order valence-electron chi connectivity index (χ0n) is 10.3. The van der Waals surface area contributed by atoms with Gasteiger partial charge >= 0.3 is 5.69 Å². The van der Waals surface area contributed by atoms with Gasteiger partial charge in [0.05, 0.1) is 16.3 Å². The molecule has 0 bridgehead atoms. The second-order valence-electron chi connectivity index (χ2n) is 3.96. The van der Waals surface area contributed by atoms with Crippen LogP contribution >= 0.6 is 0 Å². The van der Waals surface area contributed by atoms with Crippen LogP contribution in [0.2, 0.25) is 0 Å². The molecule has 0 fully saturated rings. The third-order valence-corrected chi connectivity index (χ3v) is 2.81. The molecule has 7 heteroatoms. The van der Waals surface area contributed by atoms with Crippen molar-refractivity contribution < 1.29 is 9.31 Å². The normalized spacial score (nSPS) is 10.7. The van der Waals surface area contributed by atoms with Gasteiger partial charge in [0, 0.05) is 24.7 Å². The van der Waals surface area contributed by atoms with E-state index in [4.69, 9.17) is 5.73 Å². The van der Waals surface area contributed by atoms with Crippen molar-refractivity contribution in [3.05, 3.63) is 45.9 Å². The predicted octanol–water partition coefficient (Wildman–Crippen LogP) is 2.08. The van der Waals surface area contributed by atoms with Crippen LogP contribution in [0.25, 0.3) is 11.3 Å². The topological polar surface area (TPSA) is 87.0 Å². The number of benzene rings is 1. The minimum absolute atomic E-state index is 0.324. The van der Waals surface area contributed by atoms with E-state index in [1.807, 2.05) is 6.92 Å². The van der Waals surface area contributed by atoms with Crippen molar-refractivity contribution in [2.75, 3.05) is 0 Å². The smallest absolute Gasteiger partial charge is 0.305 e. The summed E-state index contributed by atoms with van der Waals surface area (Å²) in [5.74, 6) is -0.859. The van der Waals surface area contributed by atoms with Gasteiger partial charge in [-0.05, 0) is 25.1 Å². The van der Waals surface area contributed by atoms with Crippen LogP contribution in [0.1, 0.15) is 12.6 Å². The molecule has 0 radical (unpaired) electrons. The number of hydrogen-bond donors (Lipinski definition) is 1. The second-order valence-corrected chi connectivity index (χ2v) is 3.96. The molecule has 6 nitrogen and oxygen atoms in total. The van der Waals surface area contributed by atoms with Crippen LogP contribution in [0.15, 0.2) is 24.3 Å². The molecule has 0 saturated carbocycles. The predicted molar refractivity (Wildman–Crippen MR) is 67.8 cm³/mol. The molecule has 2 aromatic rings. The standard InChI is InChI=1S/C12H13FN4O2/c1-2-16-9(7-14)6-11(15-16)8-3-4-10(13)12(5-8)17(18)19/h3-6H,2,7,14H2,1H3. The van der Waals surface area contributed by atoms with Crippen molar-refractivity contribution in [1.29, 1.82) is 0 Å². The third kappa shape index (κ3) is 2.45. The Hall–Kier alpha value is -2.28. The number of nitrogens with zero attached hydrogens (tertiary/aromatic N) is 3. The van der Waals surface area contributed by atoms with Gasteiger partial charge in [0.2, 0.25) is 5.82 Å². The van der Waals surface area contributed by atoms with Gasteiger partial charge < -0.3 is 5.73 Å². The summed E-state index contributed by atoms with van der Waals surface area (Å²) in [4.78, 5) is 9.96. The van der Waals surface area contributed by atoms with Gasteiger partial charge in [0.1, 0.15) is 0 Å².